The molecule has 1 aliphatic carbocycles. The van der Waals surface area contributed by atoms with Gasteiger partial charge in [-0.05, 0) is 38.7 Å². The average molecular weight is 263 g/mol. The Bertz CT molecular complexity index is 442. The molecule has 104 valence electrons. The number of aromatic nitrogens is 1. The molecular weight excluding hydrogens is 242 g/mol. The number of hydrogen-bond acceptors (Lipinski definition) is 4. The van der Waals surface area contributed by atoms with Crippen LogP contribution in [0.3, 0.4) is 0 Å². The number of rotatable bonds is 3. The van der Waals surface area contributed by atoms with Gasteiger partial charge in [-0.3, -0.25) is 9.78 Å². The Morgan fingerprint density at radius 3 is 2.68 bits per heavy atom. The summed E-state index contributed by atoms with van der Waals surface area (Å²) in [6, 6.07) is 1.99. The monoisotopic (exact) mass is 263 g/mol. The van der Waals surface area contributed by atoms with Gasteiger partial charge in [0, 0.05) is 24.8 Å². The lowest BCUT2D eigenvalue weighted by atomic mass is 9.90. The number of nitrogens with zero attached hydrogens (tertiary/aromatic N) is 2. The smallest absolute Gasteiger partial charge is 0.255 e. The molecule has 1 fully saturated rings. The van der Waals surface area contributed by atoms with Gasteiger partial charge < -0.3 is 15.7 Å². The molecule has 1 heterocycles. The Labute approximate surface area is 113 Å². The second-order valence-electron chi connectivity index (χ2n) is 5.09. The van der Waals surface area contributed by atoms with Gasteiger partial charge in [0.15, 0.2) is 0 Å². The molecule has 0 atom stereocenters. The fraction of sp³-hybridized carbons (Fsp3) is 0.571. The van der Waals surface area contributed by atoms with Crippen molar-refractivity contribution in [2.24, 2.45) is 5.73 Å². The standard InChI is InChI=1S/C14H21N3O2/c1-2-17(12-5-3-11(15)4-6-12)14(19)10-7-13(18)9-16-8-10/h7-9,11-12,18H,2-6,15H2,1H3. The first-order chi connectivity index (χ1) is 9.11. The predicted octanol–water partition coefficient (Wildman–Crippen LogP) is 1.52. The van der Waals surface area contributed by atoms with Gasteiger partial charge in [0.1, 0.15) is 5.75 Å². The highest BCUT2D eigenvalue weighted by Crippen LogP contribution is 2.24. The summed E-state index contributed by atoms with van der Waals surface area (Å²) in [4.78, 5) is 18.2. The number of pyridine rings is 1. The van der Waals surface area contributed by atoms with E-state index >= 15 is 0 Å². The fourth-order valence-electron chi connectivity index (χ4n) is 2.69. The summed E-state index contributed by atoms with van der Waals surface area (Å²) in [6.45, 7) is 2.64. The van der Waals surface area contributed by atoms with Crippen molar-refractivity contribution < 1.29 is 9.90 Å². The van der Waals surface area contributed by atoms with E-state index in [0.29, 0.717) is 12.1 Å². The van der Waals surface area contributed by atoms with Crippen LogP contribution in [0.5, 0.6) is 5.75 Å². The summed E-state index contributed by atoms with van der Waals surface area (Å²) in [7, 11) is 0. The van der Waals surface area contributed by atoms with E-state index in [0.717, 1.165) is 25.7 Å². The third-order valence-corrected chi connectivity index (χ3v) is 3.75. The summed E-state index contributed by atoms with van der Waals surface area (Å²) in [5, 5.41) is 9.41. The van der Waals surface area contributed by atoms with E-state index in [1.165, 1.54) is 18.5 Å². The van der Waals surface area contributed by atoms with E-state index < -0.39 is 0 Å². The normalized spacial score (nSPS) is 23.1. The second kappa shape index (κ2) is 6.02. The van der Waals surface area contributed by atoms with Crippen molar-refractivity contribution in [3.05, 3.63) is 24.0 Å². The SMILES string of the molecule is CCN(C(=O)c1cncc(O)c1)C1CCC(N)CC1. The summed E-state index contributed by atoms with van der Waals surface area (Å²) in [5.74, 6) is -0.0426. The topological polar surface area (TPSA) is 79.5 Å². The van der Waals surface area contributed by atoms with Crippen molar-refractivity contribution >= 4 is 5.91 Å². The molecule has 1 aliphatic rings. The maximum Gasteiger partial charge on any atom is 0.255 e. The van der Waals surface area contributed by atoms with Gasteiger partial charge >= 0.3 is 0 Å². The van der Waals surface area contributed by atoms with Crippen molar-refractivity contribution in [3.63, 3.8) is 0 Å². The molecule has 19 heavy (non-hydrogen) atoms. The van der Waals surface area contributed by atoms with E-state index in [1.54, 1.807) is 0 Å². The van der Waals surface area contributed by atoms with Crippen LogP contribution in [-0.4, -0.2) is 39.5 Å². The highest BCUT2D eigenvalue weighted by Gasteiger charge is 2.27. The molecule has 1 saturated carbocycles. The molecule has 2 rings (SSSR count). The van der Waals surface area contributed by atoms with Crippen LogP contribution in [0.15, 0.2) is 18.5 Å². The fourth-order valence-corrected chi connectivity index (χ4v) is 2.69. The maximum atomic E-state index is 12.5. The van der Waals surface area contributed by atoms with Crippen molar-refractivity contribution in [2.45, 2.75) is 44.7 Å². The van der Waals surface area contributed by atoms with Crippen LogP contribution < -0.4 is 5.73 Å². The Kier molecular flexibility index (Phi) is 4.37. The molecule has 5 nitrogen and oxygen atoms in total. The number of carbonyl (C=O) groups excluding carboxylic acids is 1. The highest BCUT2D eigenvalue weighted by molar-refractivity contribution is 5.94. The number of nitrogens with two attached hydrogens (primary N) is 1. The van der Waals surface area contributed by atoms with Crippen molar-refractivity contribution in [3.8, 4) is 5.75 Å². The van der Waals surface area contributed by atoms with E-state index in [9.17, 15) is 9.90 Å². The second-order valence-corrected chi connectivity index (χ2v) is 5.09. The quantitative estimate of drug-likeness (QED) is 0.866. The Balaban J connectivity index is 2.11. The van der Waals surface area contributed by atoms with Gasteiger partial charge in [-0.1, -0.05) is 0 Å². The van der Waals surface area contributed by atoms with Gasteiger partial charge in [0.2, 0.25) is 0 Å². The van der Waals surface area contributed by atoms with Crippen LogP contribution in [0, 0.1) is 0 Å². The van der Waals surface area contributed by atoms with Crippen molar-refractivity contribution in [1.82, 2.24) is 9.88 Å². The molecule has 0 bridgehead atoms. The molecule has 0 radical (unpaired) electrons. The van der Waals surface area contributed by atoms with E-state index in [-0.39, 0.29) is 23.7 Å². The zero-order chi connectivity index (χ0) is 13.8. The molecule has 0 aliphatic heterocycles. The minimum absolute atomic E-state index is 0.0209. The highest BCUT2D eigenvalue weighted by atomic mass is 16.3. The number of carbonyl (C=O) groups is 1. The minimum atomic E-state index is -0.0635. The van der Waals surface area contributed by atoms with Crippen molar-refractivity contribution in [2.75, 3.05) is 6.54 Å². The Hall–Kier alpha value is -1.62. The summed E-state index contributed by atoms with van der Waals surface area (Å²) < 4.78 is 0. The van der Waals surface area contributed by atoms with E-state index in [2.05, 4.69) is 4.98 Å². The lowest BCUT2D eigenvalue weighted by Crippen LogP contribution is -2.44. The molecule has 1 amide bonds. The van der Waals surface area contributed by atoms with Gasteiger partial charge in [0.25, 0.3) is 5.91 Å². The zero-order valence-electron chi connectivity index (χ0n) is 11.2. The lowest BCUT2D eigenvalue weighted by molar-refractivity contribution is 0.0640. The predicted molar refractivity (Wildman–Crippen MR) is 72.8 cm³/mol. The zero-order valence-corrected chi connectivity index (χ0v) is 11.2. The van der Waals surface area contributed by atoms with Crippen molar-refractivity contribution in [1.29, 1.82) is 0 Å². The molecule has 0 unspecified atom stereocenters. The third kappa shape index (κ3) is 3.23. The first-order valence-corrected chi connectivity index (χ1v) is 6.82. The van der Waals surface area contributed by atoms with Crippen LogP contribution in [0.2, 0.25) is 0 Å². The molecule has 0 aromatic carbocycles. The summed E-state index contributed by atoms with van der Waals surface area (Å²) in [5.41, 5.74) is 6.34. The molecule has 1 aromatic rings. The van der Waals surface area contributed by atoms with E-state index in [1.807, 2.05) is 11.8 Å². The van der Waals surface area contributed by atoms with Gasteiger partial charge in [-0.2, -0.15) is 0 Å². The molecule has 0 spiro atoms. The van der Waals surface area contributed by atoms with Crippen LogP contribution in [-0.2, 0) is 0 Å². The molecule has 1 aromatic heterocycles. The summed E-state index contributed by atoms with van der Waals surface area (Å²) in [6.07, 6.45) is 6.66. The molecule has 0 saturated heterocycles. The number of hydrogen-bond donors (Lipinski definition) is 2. The van der Waals surface area contributed by atoms with Gasteiger partial charge in [-0.25, -0.2) is 0 Å². The van der Waals surface area contributed by atoms with Crippen LogP contribution in [0.1, 0.15) is 43.0 Å². The van der Waals surface area contributed by atoms with E-state index in [4.69, 9.17) is 5.73 Å². The summed E-state index contributed by atoms with van der Waals surface area (Å²) >= 11 is 0. The van der Waals surface area contributed by atoms with Gasteiger partial charge in [-0.15, -0.1) is 0 Å². The molecular formula is C14H21N3O2. The van der Waals surface area contributed by atoms with Crippen LogP contribution >= 0.6 is 0 Å². The van der Waals surface area contributed by atoms with Crippen LogP contribution in [0.4, 0.5) is 0 Å². The molecule has 3 N–H and O–H groups in total. The Morgan fingerprint density at radius 1 is 1.42 bits per heavy atom. The van der Waals surface area contributed by atoms with Gasteiger partial charge in [0.05, 0.1) is 11.8 Å². The third-order valence-electron chi connectivity index (χ3n) is 3.75. The first-order valence-electron chi connectivity index (χ1n) is 6.82. The first kappa shape index (κ1) is 13.8. The Morgan fingerprint density at radius 2 is 2.11 bits per heavy atom. The minimum Gasteiger partial charge on any atom is -0.506 e. The average Bonchev–Trinajstić information content (AvgIpc) is 2.41. The maximum absolute atomic E-state index is 12.5. The number of amides is 1. The molecule has 5 heteroatoms. The largest absolute Gasteiger partial charge is 0.506 e. The lowest BCUT2D eigenvalue weighted by Gasteiger charge is -2.35. The van der Waals surface area contributed by atoms with Crippen LogP contribution in [0.25, 0.3) is 0 Å². The number of aromatic hydroxyl groups is 1.